The van der Waals surface area contributed by atoms with E-state index in [1.165, 1.54) is 0 Å². The fourth-order valence-corrected chi connectivity index (χ4v) is 1.66. The van der Waals surface area contributed by atoms with Crippen molar-refractivity contribution in [1.82, 2.24) is 5.32 Å². The molecule has 1 aromatic carbocycles. The number of halogens is 1. The number of benzene rings is 1. The van der Waals surface area contributed by atoms with Crippen LogP contribution in [0.1, 0.15) is 21.5 Å². The Hall–Kier alpha value is -0.860. The minimum absolute atomic E-state index is 0.0880. The van der Waals surface area contributed by atoms with E-state index in [2.05, 4.69) is 5.32 Å². The molecule has 0 aliphatic carbocycles. The van der Waals surface area contributed by atoms with E-state index in [4.69, 9.17) is 11.6 Å². The minimum atomic E-state index is 0.0880. The van der Waals surface area contributed by atoms with Crippen molar-refractivity contribution in [1.29, 1.82) is 0 Å². The number of aryl methyl sites for hydroxylation is 1. The van der Waals surface area contributed by atoms with E-state index in [0.29, 0.717) is 11.6 Å². The summed E-state index contributed by atoms with van der Waals surface area (Å²) in [6, 6.07) is 3.70. The number of likely N-dealkylation sites (N-methyl/N-ethyl adjacent to an activating group) is 1. The molecule has 0 bridgehead atoms. The highest BCUT2D eigenvalue weighted by Gasteiger charge is 2.12. The molecule has 0 aliphatic rings. The van der Waals surface area contributed by atoms with Crippen molar-refractivity contribution in [3.05, 3.63) is 33.8 Å². The second-order valence-corrected chi connectivity index (χ2v) is 3.72. The van der Waals surface area contributed by atoms with Gasteiger partial charge in [0.15, 0.2) is 5.78 Å². The third-order valence-electron chi connectivity index (χ3n) is 2.22. The topological polar surface area (TPSA) is 29.1 Å². The highest BCUT2D eigenvalue weighted by molar-refractivity contribution is 6.32. The normalized spacial score (nSPS) is 10.3. The van der Waals surface area contributed by atoms with Crippen LogP contribution in [0.5, 0.6) is 0 Å². The molecule has 14 heavy (non-hydrogen) atoms. The molecular weight excluding hydrogens is 198 g/mol. The van der Waals surface area contributed by atoms with Crippen LogP contribution < -0.4 is 5.32 Å². The first kappa shape index (κ1) is 11.2. The quantitative estimate of drug-likeness (QED) is 0.778. The van der Waals surface area contributed by atoms with Crippen LogP contribution in [0.15, 0.2) is 12.1 Å². The lowest BCUT2D eigenvalue weighted by Crippen LogP contribution is -2.20. The largest absolute Gasteiger partial charge is 0.313 e. The molecule has 0 unspecified atom stereocenters. The molecule has 0 heterocycles. The van der Waals surface area contributed by atoms with E-state index >= 15 is 0 Å². The SMILES string of the molecule is CNCC(=O)c1c(C)ccc(Cl)c1C. The van der Waals surface area contributed by atoms with Crippen LogP contribution in [0.4, 0.5) is 0 Å². The molecule has 1 aromatic rings. The van der Waals surface area contributed by atoms with E-state index in [-0.39, 0.29) is 5.78 Å². The fourth-order valence-electron chi connectivity index (χ4n) is 1.50. The molecule has 0 aliphatic heterocycles. The van der Waals surface area contributed by atoms with Gasteiger partial charge in [-0.1, -0.05) is 17.7 Å². The molecule has 0 fully saturated rings. The molecule has 0 aromatic heterocycles. The van der Waals surface area contributed by atoms with Gasteiger partial charge >= 0.3 is 0 Å². The van der Waals surface area contributed by atoms with Gasteiger partial charge in [-0.15, -0.1) is 0 Å². The van der Waals surface area contributed by atoms with Gasteiger partial charge in [-0.05, 0) is 38.1 Å². The van der Waals surface area contributed by atoms with Crippen molar-refractivity contribution in [3.63, 3.8) is 0 Å². The van der Waals surface area contributed by atoms with Crippen LogP contribution in [0.2, 0.25) is 5.02 Å². The Morgan fingerprint density at radius 1 is 1.43 bits per heavy atom. The predicted octanol–water partition coefficient (Wildman–Crippen LogP) is 2.36. The highest BCUT2D eigenvalue weighted by atomic mass is 35.5. The second-order valence-electron chi connectivity index (χ2n) is 3.32. The summed E-state index contributed by atoms with van der Waals surface area (Å²) >= 11 is 5.96. The van der Waals surface area contributed by atoms with Gasteiger partial charge in [-0.3, -0.25) is 4.79 Å². The Bertz CT molecular complexity index is 361. The number of carbonyl (C=O) groups excluding carboxylic acids is 1. The Morgan fingerprint density at radius 3 is 2.64 bits per heavy atom. The first-order chi connectivity index (χ1) is 6.57. The number of nitrogens with one attached hydrogen (secondary N) is 1. The maximum Gasteiger partial charge on any atom is 0.177 e. The number of hydrogen-bond acceptors (Lipinski definition) is 2. The zero-order valence-electron chi connectivity index (χ0n) is 8.65. The lowest BCUT2D eigenvalue weighted by Gasteiger charge is -2.09. The van der Waals surface area contributed by atoms with Crippen molar-refractivity contribution < 1.29 is 4.79 Å². The molecule has 1 N–H and O–H groups in total. The van der Waals surface area contributed by atoms with Crippen molar-refractivity contribution >= 4 is 17.4 Å². The zero-order chi connectivity index (χ0) is 10.7. The summed E-state index contributed by atoms with van der Waals surface area (Å²) in [5.74, 6) is 0.0880. The van der Waals surface area contributed by atoms with Gasteiger partial charge in [-0.2, -0.15) is 0 Å². The highest BCUT2D eigenvalue weighted by Crippen LogP contribution is 2.22. The van der Waals surface area contributed by atoms with Crippen molar-refractivity contribution in [3.8, 4) is 0 Å². The van der Waals surface area contributed by atoms with Crippen LogP contribution in [0, 0.1) is 13.8 Å². The summed E-state index contributed by atoms with van der Waals surface area (Å²) in [6.45, 7) is 4.15. The molecular formula is C11H14ClNO. The fraction of sp³-hybridized carbons (Fsp3) is 0.364. The van der Waals surface area contributed by atoms with E-state index < -0.39 is 0 Å². The first-order valence-corrected chi connectivity index (χ1v) is 4.89. The van der Waals surface area contributed by atoms with Crippen LogP contribution in [0.3, 0.4) is 0 Å². The predicted molar refractivity (Wildman–Crippen MR) is 59.2 cm³/mol. The lowest BCUT2D eigenvalue weighted by atomic mass is 9.99. The minimum Gasteiger partial charge on any atom is -0.313 e. The maximum atomic E-state index is 11.7. The van der Waals surface area contributed by atoms with Crippen LogP contribution in [-0.2, 0) is 0 Å². The summed E-state index contributed by atoms with van der Waals surface area (Å²) in [7, 11) is 1.76. The van der Waals surface area contributed by atoms with Gasteiger partial charge in [-0.25, -0.2) is 0 Å². The van der Waals surface area contributed by atoms with E-state index in [0.717, 1.165) is 16.7 Å². The number of carbonyl (C=O) groups is 1. The van der Waals surface area contributed by atoms with Crippen molar-refractivity contribution in [2.75, 3.05) is 13.6 Å². The Morgan fingerprint density at radius 2 is 2.07 bits per heavy atom. The third kappa shape index (κ3) is 2.14. The molecule has 0 radical (unpaired) electrons. The molecule has 0 spiro atoms. The van der Waals surface area contributed by atoms with Crippen molar-refractivity contribution in [2.45, 2.75) is 13.8 Å². The monoisotopic (exact) mass is 211 g/mol. The Labute approximate surface area is 89.3 Å². The van der Waals surface area contributed by atoms with Gasteiger partial charge < -0.3 is 5.32 Å². The zero-order valence-corrected chi connectivity index (χ0v) is 9.40. The maximum absolute atomic E-state index is 11.7. The van der Waals surface area contributed by atoms with Gasteiger partial charge in [0.1, 0.15) is 0 Å². The molecule has 0 amide bonds. The first-order valence-electron chi connectivity index (χ1n) is 4.51. The average molecular weight is 212 g/mol. The smallest absolute Gasteiger partial charge is 0.177 e. The summed E-state index contributed by atoms with van der Waals surface area (Å²) in [5.41, 5.74) is 2.59. The average Bonchev–Trinajstić information content (AvgIpc) is 2.13. The number of Topliss-reactive ketones (excluding diaryl/α,β-unsaturated/α-hetero) is 1. The van der Waals surface area contributed by atoms with E-state index in [1.54, 1.807) is 7.05 Å². The van der Waals surface area contributed by atoms with Crippen LogP contribution in [-0.4, -0.2) is 19.4 Å². The molecule has 2 nitrogen and oxygen atoms in total. The van der Waals surface area contributed by atoms with Gasteiger partial charge in [0.2, 0.25) is 0 Å². The number of ketones is 1. The standard InChI is InChI=1S/C11H14ClNO/c1-7-4-5-9(12)8(2)11(7)10(14)6-13-3/h4-5,13H,6H2,1-3H3. The molecule has 0 saturated carbocycles. The lowest BCUT2D eigenvalue weighted by molar-refractivity contribution is 0.0992. The summed E-state index contributed by atoms with van der Waals surface area (Å²) in [5, 5.41) is 3.50. The molecule has 1 rings (SSSR count). The summed E-state index contributed by atoms with van der Waals surface area (Å²) in [4.78, 5) is 11.7. The summed E-state index contributed by atoms with van der Waals surface area (Å²) < 4.78 is 0. The van der Waals surface area contributed by atoms with E-state index in [1.807, 2.05) is 26.0 Å². The second kappa shape index (κ2) is 4.58. The molecule has 0 atom stereocenters. The van der Waals surface area contributed by atoms with Gasteiger partial charge in [0.05, 0.1) is 6.54 Å². The van der Waals surface area contributed by atoms with Crippen LogP contribution >= 0.6 is 11.6 Å². The summed E-state index contributed by atoms with van der Waals surface area (Å²) in [6.07, 6.45) is 0. The van der Waals surface area contributed by atoms with Gasteiger partial charge in [0.25, 0.3) is 0 Å². The van der Waals surface area contributed by atoms with Gasteiger partial charge in [0, 0.05) is 10.6 Å². The Kier molecular flexibility index (Phi) is 3.67. The number of rotatable bonds is 3. The van der Waals surface area contributed by atoms with E-state index in [9.17, 15) is 4.79 Å². The number of hydrogen-bond donors (Lipinski definition) is 1. The Balaban J connectivity index is 3.18. The molecule has 3 heteroatoms. The van der Waals surface area contributed by atoms with Crippen molar-refractivity contribution in [2.24, 2.45) is 0 Å². The molecule has 0 saturated heterocycles. The third-order valence-corrected chi connectivity index (χ3v) is 2.63. The van der Waals surface area contributed by atoms with Crippen LogP contribution in [0.25, 0.3) is 0 Å². The molecule has 76 valence electrons.